The third-order valence-corrected chi connectivity index (χ3v) is 4.38. The second-order valence-corrected chi connectivity index (χ2v) is 6.96. The van der Waals surface area contributed by atoms with Crippen molar-refractivity contribution in [3.8, 4) is 0 Å². The largest absolute Gasteiger partial charge is 0.294 e. The topological polar surface area (TPSA) is 60.2 Å². The van der Waals surface area contributed by atoms with Gasteiger partial charge in [0.15, 0.2) is 5.78 Å². The van der Waals surface area contributed by atoms with Crippen molar-refractivity contribution < 1.29 is 4.79 Å². The third kappa shape index (κ3) is 2.42. The van der Waals surface area contributed by atoms with Crippen molar-refractivity contribution in [1.29, 1.82) is 0 Å². The number of benzene rings is 1. The molecule has 0 amide bonds. The van der Waals surface area contributed by atoms with Gasteiger partial charge in [-0.25, -0.2) is 9.50 Å². The van der Waals surface area contributed by atoms with E-state index in [9.17, 15) is 4.79 Å². The summed E-state index contributed by atoms with van der Waals surface area (Å²) in [4.78, 5) is 21.6. The third-order valence-electron chi connectivity index (χ3n) is 4.38. The summed E-state index contributed by atoms with van der Waals surface area (Å²) < 4.78 is 1.72. The first-order valence-electron chi connectivity index (χ1n) is 7.82. The first-order valence-corrected chi connectivity index (χ1v) is 7.82. The molecule has 0 aliphatic heterocycles. The first kappa shape index (κ1) is 14.1. The van der Waals surface area contributed by atoms with Crippen LogP contribution in [0.25, 0.3) is 5.78 Å². The molecule has 0 unspecified atom stereocenters. The Morgan fingerprint density at radius 2 is 1.96 bits per heavy atom. The molecule has 0 N–H and O–H groups in total. The number of rotatable bonds is 2. The van der Waals surface area contributed by atoms with Crippen LogP contribution in [0, 0.1) is 5.41 Å². The fourth-order valence-electron chi connectivity index (χ4n) is 3.39. The summed E-state index contributed by atoms with van der Waals surface area (Å²) in [6.45, 7) is 4.24. The molecule has 2 aromatic heterocycles. The van der Waals surface area contributed by atoms with Crippen LogP contribution in [-0.2, 0) is 12.8 Å². The minimum Gasteiger partial charge on any atom is -0.294 e. The van der Waals surface area contributed by atoms with E-state index in [1.807, 2.05) is 18.2 Å². The quantitative estimate of drug-likeness (QED) is 0.730. The van der Waals surface area contributed by atoms with Gasteiger partial charge in [0, 0.05) is 12.8 Å². The van der Waals surface area contributed by atoms with Gasteiger partial charge in [-0.2, -0.15) is 10.1 Å². The van der Waals surface area contributed by atoms with Gasteiger partial charge in [-0.05, 0) is 17.4 Å². The smallest absolute Gasteiger partial charge is 0.252 e. The maximum Gasteiger partial charge on any atom is 0.252 e. The van der Waals surface area contributed by atoms with E-state index < -0.39 is 0 Å². The molecule has 1 aromatic carbocycles. The monoisotopic (exact) mass is 306 g/mol. The number of carbonyl (C=O) groups excluding carboxylic acids is 1. The highest BCUT2D eigenvalue weighted by Gasteiger charge is 2.35. The van der Waals surface area contributed by atoms with Crippen molar-refractivity contribution in [3.05, 3.63) is 59.2 Å². The average molecular weight is 306 g/mol. The molecule has 116 valence electrons. The van der Waals surface area contributed by atoms with Crippen molar-refractivity contribution in [2.75, 3.05) is 0 Å². The maximum absolute atomic E-state index is 12.8. The molecule has 3 aromatic rings. The van der Waals surface area contributed by atoms with Gasteiger partial charge in [-0.1, -0.05) is 44.2 Å². The number of fused-ring (bicyclic) bond motifs is 3. The number of carbonyl (C=O) groups is 1. The highest BCUT2D eigenvalue weighted by atomic mass is 16.1. The molecular weight excluding hydrogens is 288 g/mol. The van der Waals surface area contributed by atoms with Gasteiger partial charge < -0.3 is 0 Å². The Hall–Kier alpha value is -2.56. The number of nitrogens with zero attached hydrogens (tertiary/aromatic N) is 4. The van der Waals surface area contributed by atoms with Crippen molar-refractivity contribution in [3.63, 3.8) is 0 Å². The van der Waals surface area contributed by atoms with Crippen LogP contribution in [-0.4, -0.2) is 25.4 Å². The fourth-order valence-corrected chi connectivity index (χ4v) is 3.39. The van der Waals surface area contributed by atoms with Crippen LogP contribution in [0.5, 0.6) is 0 Å². The van der Waals surface area contributed by atoms with E-state index in [2.05, 4.69) is 41.0 Å². The Morgan fingerprint density at radius 1 is 1.17 bits per heavy atom. The van der Waals surface area contributed by atoms with E-state index in [-0.39, 0.29) is 11.2 Å². The van der Waals surface area contributed by atoms with Crippen molar-refractivity contribution in [2.24, 2.45) is 5.41 Å². The van der Waals surface area contributed by atoms with E-state index >= 15 is 0 Å². The molecule has 0 fully saturated rings. The molecule has 0 saturated heterocycles. The maximum atomic E-state index is 12.8. The van der Waals surface area contributed by atoms with Crippen LogP contribution in [0.3, 0.4) is 0 Å². The van der Waals surface area contributed by atoms with Crippen molar-refractivity contribution in [2.45, 2.75) is 33.1 Å². The minimum absolute atomic E-state index is 0.0612. The number of hydrogen-bond acceptors (Lipinski definition) is 4. The summed E-state index contributed by atoms with van der Waals surface area (Å²) in [6, 6.07) is 10.1. The predicted molar refractivity (Wildman–Crippen MR) is 86.5 cm³/mol. The zero-order valence-electron chi connectivity index (χ0n) is 13.3. The Balaban J connectivity index is 1.92. The van der Waals surface area contributed by atoms with Crippen LogP contribution < -0.4 is 0 Å². The normalized spacial score (nSPS) is 16.5. The molecule has 0 atom stereocenters. The lowest BCUT2D eigenvalue weighted by molar-refractivity contribution is 0.0907. The molecule has 23 heavy (non-hydrogen) atoms. The number of hydrogen-bond donors (Lipinski definition) is 0. The van der Waals surface area contributed by atoms with Gasteiger partial charge >= 0.3 is 0 Å². The Labute approximate surface area is 134 Å². The average Bonchev–Trinajstić information content (AvgIpc) is 2.95. The molecule has 5 nitrogen and oxygen atoms in total. The Morgan fingerprint density at radius 3 is 2.74 bits per heavy atom. The SMILES string of the molecule is CC1(C)CC(=O)c2c(Cc3ccccc3)nc3ncnn3c2C1. The number of Topliss-reactive ketones (excluding diaryl/α,β-unsaturated/α-hetero) is 1. The number of aromatic nitrogens is 4. The van der Waals surface area contributed by atoms with Gasteiger partial charge in [0.05, 0.1) is 17.0 Å². The highest BCUT2D eigenvalue weighted by molar-refractivity contribution is 6.00. The van der Waals surface area contributed by atoms with Crippen LogP contribution in [0.4, 0.5) is 0 Å². The van der Waals surface area contributed by atoms with Gasteiger partial charge in [-0.15, -0.1) is 0 Å². The Kier molecular flexibility index (Phi) is 3.04. The zero-order valence-corrected chi connectivity index (χ0v) is 13.3. The van der Waals surface area contributed by atoms with E-state index in [1.54, 1.807) is 4.52 Å². The van der Waals surface area contributed by atoms with Gasteiger partial charge in [0.25, 0.3) is 5.78 Å². The minimum atomic E-state index is -0.0612. The van der Waals surface area contributed by atoms with E-state index in [1.165, 1.54) is 6.33 Å². The molecule has 2 heterocycles. The molecular formula is C18H18N4O. The number of ketones is 1. The summed E-state index contributed by atoms with van der Waals surface area (Å²) in [5.41, 5.74) is 3.58. The summed E-state index contributed by atoms with van der Waals surface area (Å²) in [5, 5.41) is 4.27. The molecule has 0 bridgehead atoms. The lowest BCUT2D eigenvalue weighted by Gasteiger charge is -2.31. The molecule has 1 aliphatic carbocycles. The van der Waals surface area contributed by atoms with Crippen molar-refractivity contribution in [1.82, 2.24) is 19.6 Å². The Bertz CT molecular complexity index is 896. The van der Waals surface area contributed by atoms with Crippen molar-refractivity contribution >= 4 is 11.6 Å². The lowest BCUT2D eigenvalue weighted by atomic mass is 9.75. The standard InChI is InChI=1S/C18H18N4O/c1-18(2)9-14-16(15(23)10-18)13(8-12-6-4-3-5-7-12)21-17-19-11-20-22(14)17/h3-7,11H,8-10H2,1-2H3. The molecule has 0 radical (unpaired) electrons. The second-order valence-electron chi connectivity index (χ2n) is 6.96. The second kappa shape index (κ2) is 4.98. The van der Waals surface area contributed by atoms with Crippen LogP contribution in [0.2, 0.25) is 0 Å². The molecule has 5 heteroatoms. The van der Waals surface area contributed by atoms with E-state index in [0.29, 0.717) is 18.6 Å². The molecule has 1 aliphatic rings. The highest BCUT2D eigenvalue weighted by Crippen LogP contribution is 2.36. The van der Waals surface area contributed by atoms with Gasteiger partial charge in [0.1, 0.15) is 6.33 Å². The van der Waals surface area contributed by atoms with Crippen LogP contribution in [0.1, 0.15) is 47.6 Å². The summed E-state index contributed by atoms with van der Waals surface area (Å²) in [7, 11) is 0. The van der Waals surface area contributed by atoms with Gasteiger partial charge in [0.2, 0.25) is 0 Å². The molecule has 4 rings (SSSR count). The van der Waals surface area contributed by atoms with Gasteiger partial charge in [-0.3, -0.25) is 4.79 Å². The fraction of sp³-hybridized carbons (Fsp3) is 0.333. The zero-order chi connectivity index (χ0) is 16.0. The summed E-state index contributed by atoms with van der Waals surface area (Å²) in [6.07, 6.45) is 3.49. The molecule has 0 spiro atoms. The van der Waals surface area contributed by atoms with Crippen LogP contribution in [0.15, 0.2) is 36.7 Å². The van der Waals surface area contributed by atoms with E-state index in [0.717, 1.165) is 28.9 Å². The summed E-state index contributed by atoms with van der Waals surface area (Å²) >= 11 is 0. The van der Waals surface area contributed by atoms with E-state index in [4.69, 9.17) is 0 Å². The van der Waals surface area contributed by atoms with Crippen LogP contribution >= 0.6 is 0 Å². The first-order chi connectivity index (χ1) is 11.0. The lowest BCUT2D eigenvalue weighted by Crippen LogP contribution is -2.31. The summed E-state index contributed by atoms with van der Waals surface area (Å²) in [5.74, 6) is 0.729. The predicted octanol–water partition coefficient (Wildman–Crippen LogP) is 2.87. The molecule has 0 saturated carbocycles.